The standard InChI is InChI=1S/C16H14O4/c1-19-12-4-2-3-10(7-12)16-9-14(18)13-8-11(17)5-6-15(13)20-16/h2-8,16-17H,9H2,1H3. The SMILES string of the molecule is COc1cccc(C2CC(=O)c3cc(O)ccc3O2)c1. The topological polar surface area (TPSA) is 55.8 Å². The number of carbonyl (C=O) groups is 1. The molecule has 102 valence electrons. The molecule has 4 heteroatoms. The molecule has 1 aliphatic heterocycles. The maximum atomic E-state index is 12.2. The summed E-state index contributed by atoms with van der Waals surface area (Å²) < 4.78 is 11.0. The van der Waals surface area contributed by atoms with Gasteiger partial charge in [0, 0.05) is 0 Å². The van der Waals surface area contributed by atoms with Crippen molar-refractivity contribution >= 4 is 5.78 Å². The van der Waals surface area contributed by atoms with E-state index >= 15 is 0 Å². The number of Topliss-reactive ketones (excluding diaryl/α,β-unsaturated/α-hetero) is 1. The van der Waals surface area contributed by atoms with Gasteiger partial charge in [-0.05, 0) is 35.9 Å². The van der Waals surface area contributed by atoms with Gasteiger partial charge in [0.05, 0.1) is 19.1 Å². The van der Waals surface area contributed by atoms with Gasteiger partial charge < -0.3 is 14.6 Å². The van der Waals surface area contributed by atoms with Gasteiger partial charge in [-0.1, -0.05) is 12.1 Å². The van der Waals surface area contributed by atoms with Crippen molar-refractivity contribution < 1.29 is 19.4 Å². The smallest absolute Gasteiger partial charge is 0.170 e. The summed E-state index contributed by atoms with van der Waals surface area (Å²) in [6.45, 7) is 0. The monoisotopic (exact) mass is 270 g/mol. The first kappa shape index (κ1) is 12.5. The Morgan fingerprint density at radius 3 is 2.90 bits per heavy atom. The number of hydrogen-bond donors (Lipinski definition) is 1. The second-order valence-corrected chi connectivity index (χ2v) is 4.69. The van der Waals surface area contributed by atoms with Crippen LogP contribution in [-0.4, -0.2) is 18.0 Å². The van der Waals surface area contributed by atoms with Crippen LogP contribution in [0.1, 0.15) is 28.4 Å². The van der Waals surface area contributed by atoms with Crippen molar-refractivity contribution in [3.63, 3.8) is 0 Å². The highest BCUT2D eigenvalue weighted by molar-refractivity contribution is 6.00. The van der Waals surface area contributed by atoms with Crippen molar-refractivity contribution in [2.75, 3.05) is 7.11 Å². The number of benzene rings is 2. The maximum absolute atomic E-state index is 12.2. The third-order valence-electron chi connectivity index (χ3n) is 3.37. The average molecular weight is 270 g/mol. The van der Waals surface area contributed by atoms with Crippen molar-refractivity contribution in [1.82, 2.24) is 0 Å². The number of ether oxygens (including phenoxy) is 2. The lowest BCUT2D eigenvalue weighted by atomic mass is 9.96. The number of carbonyl (C=O) groups excluding carboxylic acids is 1. The van der Waals surface area contributed by atoms with Crippen LogP contribution in [0.4, 0.5) is 0 Å². The predicted octanol–water partition coefficient (Wildman–Crippen LogP) is 3.11. The van der Waals surface area contributed by atoms with E-state index in [1.54, 1.807) is 13.2 Å². The van der Waals surface area contributed by atoms with E-state index in [2.05, 4.69) is 0 Å². The number of ketones is 1. The lowest BCUT2D eigenvalue weighted by Gasteiger charge is -2.25. The third-order valence-corrected chi connectivity index (χ3v) is 3.37. The van der Waals surface area contributed by atoms with Crippen LogP contribution >= 0.6 is 0 Å². The molecular formula is C16H14O4. The maximum Gasteiger partial charge on any atom is 0.170 e. The van der Waals surface area contributed by atoms with Crippen LogP contribution in [0.15, 0.2) is 42.5 Å². The second kappa shape index (κ2) is 4.89. The summed E-state index contributed by atoms with van der Waals surface area (Å²) >= 11 is 0. The van der Waals surface area contributed by atoms with Crippen molar-refractivity contribution in [2.45, 2.75) is 12.5 Å². The van der Waals surface area contributed by atoms with Crippen molar-refractivity contribution in [3.8, 4) is 17.2 Å². The molecule has 2 aromatic rings. The van der Waals surface area contributed by atoms with Crippen LogP contribution in [0.5, 0.6) is 17.2 Å². The fraction of sp³-hybridized carbons (Fsp3) is 0.188. The van der Waals surface area contributed by atoms with Gasteiger partial charge in [-0.3, -0.25) is 4.79 Å². The van der Waals surface area contributed by atoms with E-state index in [4.69, 9.17) is 9.47 Å². The quantitative estimate of drug-likeness (QED) is 0.911. The number of phenols is 1. The normalized spacial score (nSPS) is 17.2. The molecule has 0 radical (unpaired) electrons. The average Bonchev–Trinajstić information content (AvgIpc) is 2.48. The van der Waals surface area contributed by atoms with Gasteiger partial charge in [-0.2, -0.15) is 0 Å². The molecule has 1 heterocycles. The Balaban J connectivity index is 1.94. The van der Waals surface area contributed by atoms with E-state index in [1.165, 1.54) is 12.1 Å². The summed E-state index contributed by atoms with van der Waals surface area (Å²) in [6.07, 6.45) is -0.0708. The molecule has 2 aromatic carbocycles. The summed E-state index contributed by atoms with van der Waals surface area (Å²) in [7, 11) is 1.60. The number of phenolic OH excluding ortho intramolecular Hbond substituents is 1. The Bertz CT molecular complexity index is 663. The molecule has 20 heavy (non-hydrogen) atoms. The molecule has 0 saturated heterocycles. The van der Waals surface area contributed by atoms with Gasteiger partial charge >= 0.3 is 0 Å². The van der Waals surface area contributed by atoms with E-state index in [1.807, 2.05) is 24.3 Å². The number of hydrogen-bond acceptors (Lipinski definition) is 4. The van der Waals surface area contributed by atoms with E-state index in [0.29, 0.717) is 11.3 Å². The molecule has 0 aromatic heterocycles. The Hall–Kier alpha value is -2.49. The summed E-state index contributed by atoms with van der Waals surface area (Å²) in [5.41, 5.74) is 1.33. The molecule has 1 atom stereocenters. The Morgan fingerprint density at radius 2 is 2.10 bits per heavy atom. The lowest BCUT2D eigenvalue weighted by molar-refractivity contribution is 0.0849. The molecule has 1 aliphatic rings. The molecule has 0 bridgehead atoms. The molecule has 0 aliphatic carbocycles. The summed E-state index contributed by atoms with van der Waals surface area (Å²) in [4.78, 5) is 12.2. The van der Waals surface area contributed by atoms with Crippen LogP contribution in [0, 0.1) is 0 Å². The number of fused-ring (bicyclic) bond motifs is 1. The summed E-state index contributed by atoms with van der Waals surface area (Å²) in [6, 6.07) is 12.1. The number of aromatic hydroxyl groups is 1. The van der Waals surface area contributed by atoms with E-state index in [-0.39, 0.29) is 24.1 Å². The highest BCUT2D eigenvalue weighted by atomic mass is 16.5. The molecular weight excluding hydrogens is 256 g/mol. The zero-order chi connectivity index (χ0) is 14.1. The van der Waals surface area contributed by atoms with Gasteiger partial charge in [0.1, 0.15) is 23.4 Å². The zero-order valence-electron chi connectivity index (χ0n) is 11.0. The minimum atomic E-state index is -0.324. The molecule has 1 N–H and O–H groups in total. The van der Waals surface area contributed by atoms with Crippen LogP contribution in [-0.2, 0) is 0 Å². The van der Waals surface area contributed by atoms with Crippen LogP contribution < -0.4 is 9.47 Å². The summed E-state index contributed by atoms with van der Waals surface area (Å²) in [5.74, 6) is 1.28. The van der Waals surface area contributed by atoms with E-state index in [9.17, 15) is 9.90 Å². The van der Waals surface area contributed by atoms with Gasteiger partial charge in [0.15, 0.2) is 5.78 Å². The molecule has 0 amide bonds. The summed E-state index contributed by atoms with van der Waals surface area (Å²) in [5, 5.41) is 9.43. The number of rotatable bonds is 2. The molecule has 0 spiro atoms. The Kier molecular flexibility index (Phi) is 3.06. The Morgan fingerprint density at radius 1 is 1.25 bits per heavy atom. The van der Waals surface area contributed by atoms with Crippen LogP contribution in [0.3, 0.4) is 0 Å². The lowest BCUT2D eigenvalue weighted by Crippen LogP contribution is -2.20. The third kappa shape index (κ3) is 2.20. The Labute approximate surface area is 116 Å². The fourth-order valence-corrected chi connectivity index (χ4v) is 2.34. The van der Waals surface area contributed by atoms with Crippen molar-refractivity contribution in [3.05, 3.63) is 53.6 Å². The fourth-order valence-electron chi connectivity index (χ4n) is 2.34. The van der Waals surface area contributed by atoms with Crippen molar-refractivity contribution in [1.29, 1.82) is 0 Å². The van der Waals surface area contributed by atoms with Crippen LogP contribution in [0.2, 0.25) is 0 Å². The molecule has 0 saturated carbocycles. The highest BCUT2D eigenvalue weighted by Gasteiger charge is 2.28. The molecule has 1 unspecified atom stereocenters. The largest absolute Gasteiger partial charge is 0.508 e. The minimum absolute atomic E-state index is 0.0324. The first-order valence-electron chi connectivity index (χ1n) is 6.34. The predicted molar refractivity (Wildman–Crippen MR) is 73.4 cm³/mol. The van der Waals surface area contributed by atoms with Gasteiger partial charge in [0.2, 0.25) is 0 Å². The van der Waals surface area contributed by atoms with Gasteiger partial charge in [-0.15, -0.1) is 0 Å². The molecule has 0 fully saturated rings. The van der Waals surface area contributed by atoms with E-state index in [0.717, 1.165) is 11.3 Å². The van der Waals surface area contributed by atoms with Crippen LogP contribution in [0.25, 0.3) is 0 Å². The van der Waals surface area contributed by atoms with E-state index < -0.39 is 0 Å². The number of methoxy groups -OCH3 is 1. The minimum Gasteiger partial charge on any atom is -0.508 e. The second-order valence-electron chi connectivity index (χ2n) is 4.69. The first-order chi connectivity index (χ1) is 9.67. The molecule has 3 rings (SSSR count). The molecule has 4 nitrogen and oxygen atoms in total. The van der Waals surface area contributed by atoms with Crippen molar-refractivity contribution in [2.24, 2.45) is 0 Å². The highest BCUT2D eigenvalue weighted by Crippen LogP contribution is 2.37. The van der Waals surface area contributed by atoms with Gasteiger partial charge in [0.25, 0.3) is 0 Å². The first-order valence-corrected chi connectivity index (χ1v) is 6.34. The van der Waals surface area contributed by atoms with Gasteiger partial charge in [-0.25, -0.2) is 0 Å². The zero-order valence-corrected chi connectivity index (χ0v) is 11.0.